The number of fused-ring (bicyclic) bond motifs is 1. The maximum absolute atomic E-state index is 8.33. The molecule has 28 heavy (non-hydrogen) atoms. The standard InChI is InChI=1S/C18H25N10/c1-28(2,3)11-4-6-26(10-11)17-13(20)8-12(19)16(25-17)23-14-9-22-27-7-5-15(21)24-18(14)27/h5,7-9,11,20H,4,6,10,19H2,1-3H3,(H2,21,24)/q+1/b20-13?,23-16-. The van der Waals surface area contributed by atoms with Gasteiger partial charge in [-0.3, -0.25) is 5.41 Å². The zero-order valence-corrected chi connectivity index (χ0v) is 16.3. The molecule has 0 bridgehead atoms. The van der Waals surface area contributed by atoms with E-state index in [9.17, 15) is 0 Å². The fourth-order valence-electron chi connectivity index (χ4n) is 3.47. The summed E-state index contributed by atoms with van der Waals surface area (Å²) >= 11 is 0. The molecule has 0 aliphatic carbocycles. The van der Waals surface area contributed by atoms with Crippen LogP contribution >= 0.6 is 0 Å². The van der Waals surface area contributed by atoms with Gasteiger partial charge in [0.05, 0.1) is 45.3 Å². The van der Waals surface area contributed by atoms with E-state index in [2.05, 4.69) is 46.1 Å². The molecular formula is C18H25N10+. The lowest BCUT2D eigenvalue weighted by Gasteiger charge is -2.31. The highest BCUT2D eigenvalue weighted by atomic mass is 15.4. The van der Waals surface area contributed by atoms with Gasteiger partial charge in [-0.1, -0.05) is 0 Å². The van der Waals surface area contributed by atoms with Gasteiger partial charge in [0.15, 0.2) is 17.3 Å². The van der Waals surface area contributed by atoms with Crippen LogP contribution in [0.15, 0.2) is 40.2 Å². The molecule has 1 unspecified atom stereocenters. The van der Waals surface area contributed by atoms with Crippen LogP contribution in [0.25, 0.3) is 5.65 Å². The van der Waals surface area contributed by atoms with E-state index in [1.54, 1.807) is 29.1 Å². The SMILES string of the molecule is C[N+](C)(C)C1CCN(C2=N/C(=N\c3cnn4ccc(N)nc34)C(N)=CC2=N)C1. The van der Waals surface area contributed by atoms with Crippen molar-refractivity contribution in [1.82, 2.24) is 19.5 Å². The van der Waals surface area contributed by atoms with Crippen molar-refractivity contribution in [3.8, 4) is 0 Å². The second-order valence-corrected chi connectivity index (χ2v) is 8.04. The van der Waals surface area contributed by atoms with Crippen molar-refractivity contribution in [3.63, 3.8) is 0 Å². The predicted molar refractivity (Wildman–Crippen MR) is 110 cm³/mol. The summed E-state index contributed by atoms with van der Waals surface area (Å²) in [7, 11) is 6.57. The van der Waals surface area contributed by atoms with Crippen molar-refractivity contribution in [3.05, 3.63) is 30.2 Å². The van der Waals surface area contributed by atoms with Crippen molar-refractivity contribution in [1.29, 1.82) is 5.41 Å². The lowest BCUT2D eigenvalue weighted by atomic mass is 10.2. The first-order valence-electron chi connectivity index (χ1n) is 9.12. The van der Waals surface area contributed by atoms with Crippen molar-refractivity contribution >= 4 is 34.5 Å². The topological polar surface area (TPSA) is 134 Å². The predicted octanol–water partition coefficient (Wildman–Crippen LogP) is 0.396. The number of anilines is 1. The van der Waals surface area contributed by atoms with E-state index in [-0.39, 0.29) is 0 Å². The Labute approximate surface area is 163 Å². The first-order valence-corrected chi connectivity index (χ1v) is 9.12. The highest BCUT2D eigenvalue weighted by Crippen LogP contribution is 2.23. The monoisotopic (exact) mass is 381 g/mol. The molecule has 2 aromatic heterocycles. The van der Waals surface area contributed by atoms with Crippen LogP contribution in [0, 0.1) is 5.41 Å². The molecule has 0 aromatic carbocycles. The number of hydrogen-bond acceptors (Lipinski definition) is 7. The van der Waals surface area contributed by atoms with Crippen LogP contribution in [-0.4, -0.2) is 81.6 Å². The first-order chi connectivity index (χ1) is 13.2. The lowest BCUT2D eigenvalue weighted by molar-refractivity contribution is -0.893. The third-order valence-electron chi connectivity index (χ3n) is 5.17. The number of quaternary nitrogens is 1. The van der Waals surface area contributed by atoms with E-state index < -0.39 is 0 Å². The number of likely N-dealkylation sites (tertiary alicyclic amines) is 1. The number of aromatic nitrogens is 3. The minimum Gasteiger partial charge on any atom is -0.396 e. The van der Waals surface area contributed by atoms with Crippen LogP contribution in [-0.2, 0) is 0 Å². The Morgan fingerprint density at radius 1 is 1.29 bits per heavy atom. The van der Waals surface area contributed by atoms with Gasteiger partial charge in [0.1, 0.15) is 17.5 Å². The number of amidine groups is 2. The van der Waals surface area contributed by atoms with Gasteiger partial charge in [0.25, 0.3) is 0 Å². The number of rotatable bonds is 2. The van der Waals surface area contributed by atoms with E-state index in [0.29, 0.717) is 46.3 Å². The number of aliphatic imine (C=N–C) groups is 2. The van der Waals surface area contributed by atoms with Gasteiger partial charge in [-0.2, -0.15) is 5.10 Å². The molecule has 2 aliphatic heterocycles. The number of likely N-dealkylation sites (N-methyl/N-ethyl adjacent to an activating group) is 1. The highest BCUT2D eigenvalue weighted by molar-refractivity contribution is 6.48. The molecule has 4 rings (SSSR count). The van der Waals surface area contributed by atoms with Gasteiger partial charge >= 0.3 is 0 Å². The molecule has 10 nitrogen and oxygen atoms in total. The van der Waals surface area contributed by atoms with Gasteiger partial charge in [-0.25, -0.2) is 19.5 Å². The molecule has 0 spiro atoms. The third kappa shape index (κ3) is 3.22. The van der Waals surface area contributed by atoms with Gasteiger partial charge in [0.2, 0.25) is 0 Å². The molecule has 0 saturated carbocycles. The fourth-order valence-corrected chi connectivity index (χ4v) is 3.47. The summed E-state index contributed by atoms with van der Waals surface area (Å²) in [6.45, 7) is 1.71. The van der Waals surface area contributed by atoms with E-state index in [1.165, 1.54) is 0 Å². The van der Waals surface area contributed by atoms with Crippen molar-refractivity contribution in [2.24, 2.45) is 15.7 Å². The van der Waals surface area contributed by atoms with E-state index in [4.69, 9.17) is 16.9 Å². The van der Waals surface area contributed by atoms with Crippen LogP contribution in [0.4, 0.5) is 11.5 Å². The minimum absolute atomic E-state index is 0.306. The molecule has 2 aromatic rings. The Morgan fingerprint density at radius 2 is 2.07 bits per heavy atom. The quantitative estimate of drug-likeness (QED) is 0.647. The summed E-state index contributed by atoms with van der Waals surface area (Å²) in [6.07, 6.45) is 5.98. The van der Waals surface area contributed by atoms with Gasteiger partial charge in [-0.05, 0) is 12.1 Å². The molecular weight excluding hydrogens is 356 g/mol. The summed E-state index contributed by atoms with van der Waals surface area (Å²) in [5.41, 5.74) is 13.6. The largest absolute Gasteiger partial charge is 0.396 e. The Bertz CT molecular complexity index is 1040. The number of nitrogens with zero attached hydrogens (tertiary/aromatic N) is 7. The van der Waals surface area contributed by atoms with Crippen molar-refractivity contribution in [2.45, 2.75) is 12.5 Å². The zero-order chi connectivity index (χ0) is 20.1. The van der Waals surface area contributed by atoms with Crippen molar-refractivity contribution in [2.75, 3.05) is 40.0 Å². The number of nitrogens with two attached hydrogens (primary N) is 2. The Hall–Kier alpha value is -3.27. The summed E-state index contributed by atoms with van der Waals surface area (Å²) < 4.78 is 2.48. The molecule has 0 amide bonds. The molecule has 1 atom stereocenters. The van der Waals surface area contributed by atoms with E-state index >= 15 is 0 Å². The first kappa shape index (κ1) is 18.1. The average molecular weight is 381 g/mol. The van der Waals surface area contributed by atoms with Crippen LogP contribution in [0.3, 0.4) is 0 Å². The second kappa shape index (κ2) is 6.41. The van der Waals surface area contributed by atoms with Gasteiger partial charge in [-0.15, -0.1) is 0 Å². The second-order valence-electron chi connectivity index (χ2n) is 8.04. The van der Waals surface area contributed by atoms with Crippen LogP contribution < -0.4 is 11.5 Å². The van der Waals surface area contributed by atoms with Crippen LogP contribution in [0.1, 0.15) is 6.42 Å². The zero-order valence-electron chi connectivity index (χ0n) is 16.3. The van der Waals surface area contributed by atoms with Crippen molar-refractivity contribution < 1.29 is 4.48 Å². The third-order valence-corrected chi connectivity index (χ3v) is 5.17. The molecule has 1 fully saturated rings. The number of dihydropyridines is 1. The highest BCUT2D eigenvalue weighted by Gasteiger charge is 2.35. The minimum atomic E-state index is 0.306. The summed E-state index contributed by atoms with van der Waals surface area (Å²) in [4.78, 5) is 15.6. The number of nitrogens with one attached hydrogen (secondary N) is 1. The molecule has 4 heterocycles. The smallest absolute Gasteiger partial charge is 0.183 e. The molecule has 5 N–H and O–H groups in total. The lowest BCUT2D eigenvalue weighted by Crippen LogP contribution is -2.47. The normalized spacial score (nSPS) is 22.1. The molecule has 146 valence electrons. The van der Waals surface area contributed by atoms with Crippen LogP contribution in [0.2, 0.25) is 0 Å². The fraction of sp³-hybridized carbons (Fsp3) is 0.389. The van der Waals surface area contributed by atoms with E-state index in [1.807, 2.05) is 0 Å². The molecule has 1 saturated heterocycles. The summed E-state index contributed by atoms with van der Waals surface area (Å²) in [5.74, 6) is 1.35. The number of hydrogen-bond donors (Lipinski definition) is 3. The number of nitrogen functional groups attached to an aromatic ring is 1. The summed E-state index contributed by atoms with van der Waals surface area (Å²) in [6, 6.07) is 2.16. The maximum atomic E-state index is 8.33. The Balaban J connectivity index is 1.68. The molecule has 10 heteroatoms. The Kier molecular flexibility index (Phi) is 4.15. The molecule has 2 aliphatic rings. The average Bonchev–Trinajstić information content (AvgIpc) is 3.24. The molecule has 0 radical (unpaired) electrons. The Morgan fingerprint density at radius 3 is 2.79 bits per heavy atom. The van der Waals surface area contributed by atoms with E-state index in [0.717, 1.165) is 24.0 Å². The van der Waals surface area contributed by atoms with Gasteiger partial charge in [0, 0.05) is 19.2 Å². The summed E-state index contributed by atoms with van der Waals surface area (Å²) in [5, 5.41) is 12.6. The van der Waals surface area contributed by atoms with Crippen LogP contribution in [0.5, 0.6) is 0 Å². The maximum Gasteiger partial charge on any atom is 0.183 e. The van der Waals surface area contributed by atoms with Gasteiger partial charge < -0.3 is 20.9 Å².